The molecule has 1 fully saturated rings. The Kier molecular flexibility index (Phi) is 20.4. The Morgan fingerprint density at radius 1 is 0.225 bits per heavy atom. The van der Waals surface area contributed by atoms with Gasteiger partial charge in [-0.05, 0) is 195 Å². The first-order valence-corrected chi connectivity index (χ1v) is 40.8. The molecule has 16 aromatic carbocycles. The first-order chi connectivity index (χ1) is 58.6. The lowest BCUT2D eigenvalue weighted by atomic mass is 9.76. The third-order valence-electron chi connectivity index (χ3n) is 22.8. The molecule has 120 heavy (non-hydrogen) atoms. The highest BCUT2D eigenvalue weighted by molar-refractivity contribution is 6.62. The summed E-state index contributed by atoms with van der Waals surface area (Å²) in [5.74, 6) is 3.71. The largest absolute Gasteiger partial charge is 0.494 e. The van der Waals surface area contributed by atoms with Gasteiger partial charge >= 0.3 is 7.12 Å². The highest BCUT2D eigenvalue weighted by atomic mass is 35.5. The quantitative estimate of drug-likeness (QED) is 0.0863. The molecule has 1 aliphatic rings. The van der Waals surface area contributed by atoms with Crippen molar-refractivity contribution in [3.63, 3.8) is 0 Å². The van der Waals surface area contributed by atoms with Gasteiger partial charge in [-0.3, -0.25) is 9.97 Å². The number of hydrogen-bond acceptors (Lipinski definition) is 10. The fraction of sp³-hybridized carbons (Fsp3) is 0.0741. The molecule has 0 unspecified atom stereocenters. The van der Waals surface area contributed by atoms with Crippen LogP contribution in [-0.4, -0.2) is 58.2 Å². The van der Waals surface area contributed by atoms with Gasteiger partial charge in [0.1, 0.15) is 0 Å². The Bertz CT molecular complexity index is 7130. The summed E-state index contributed by atoms with van der Waals surface area (Å²) in [5.41, 5.74) is 18.2. The SMILES string of the molecule is CC1(C)OB(c2cc(-c3nc(-c4ccccc4)nc(-c4ccccc4)n3)cc(-c3cc4ccccc4c4ccccc34)c2)OC1(C)C.Cc1cc2ccccc2c(-c2ccc(-c3cc(-c4nc(-c5ccccc5)nc(-c5ccccc5)n4)cc(-c4cc5ccccc5c5ccccc45)c3)cc2)n1.Cc1cc2ccccc2c(-c2ccc(Cl)cc2)n1. The van der Waals surface area contributed by atoms with Gasteiger partial charge in [-0.15, -0.1) is 0 Å². The Morgan fingerprint density at radius 3 is 0.892 bits per heavy atom. The van der Waals surface area contributed by atoms with Crippen molar-refractivity contribution in [1.29, 1.82) is 0 Å². The van der Waals surface area contributed by atoms with Crippen LogP contribution < -0.4 is 5.46 Å². The molecule has 574 valence electrons. The third kappa shape index (κ3) is 15.4. The Morgan fingerprint density at radius 2 is 0.500 bits per heavy atom. The number of fused-ring (bicyclic) bond motifs is 8. The lowest BCUT2D eigenvalue weighted by Gasteiger charge is -2.32. The molecule has 21 rings (SSSR count). The highest BCUT2D eigenvalue weighted by Gasteiger charge is 2.52. The Balaban J connectivity index is 0.000000133. The predicted octanol–water partition coefficient (Wildman–Crippen LogP) is 27.0. The van der Waals surface area contributed by atoms with E-state index < -0.39 is 18.3 Å². The lowest BCUT2D eigenvalue weighted by molar-refractivity contribution is 0.00578. The molecule has 5 heterocycles. The highest BCUT2D eigenvalue weighted by Crippen LogP contribution is 2.43. The maximum atomic E-state index is 6.60. The van der Waals surface area contributed by atoms with E-state index in [1.54, 1.807) is 0 Å². The molecule has 0 atom stereocenters. The first kappa shape index (κ1) is 75.7. The Hall–Kier alpha value is -14.3. The molecular formula is C108H80BClN8O2. The molecule has 1 aliphatic heterocycles. The summed E-state index contributed by atoms with van der Waals surface area (Å²) >= 11 is 5.93. The molecule has 10 nitrogen and oxygen atoms in total. The molecule has 0 saturated carbocycles. The van der Waals surface area contributed by atoms with E-state index in [0.717, 1.165) is 117 Å². The maximum Gasteiger partial charge on any atom is 0.494 e. The molecule has 4 aromatic heterocycles. The van der Waals surface area contributed by atoms with Crippen molar-refractivity contribution in [3.8, 4) is 124 Å². The van der Waals surface area contributed by atoms with Crippen LogP contribution in [0.2, 0.25) is 5.02 Å². The van der Waals surface area contributed by atoms with E-state index in [1.807, 2.05) is 165 Å². The van der Waals surface area contributed by atoms with Crippen molar-refractivity contribution in [2.24, 2.45) is 0 Å². The van der Waals surface area contributed by atoms with Crippen LogP contribution in [0.3, 0.4) is 0 Å². The second-order valence-electron chi connectivity index (χ2n) is 31.4. The van der Waals surface area contributed by atoms with Crippen molar-refractivity contribution < 1.29 is 9.31 Å². The summed E-state index contributed by atoms with van der Waals surface area (Å²) < 4.78 is 13.2. The fourth-order valence-electron chi connectivity index (χ4n) is 16.1. The van der Waals surface area contributed by atoms with Crippen LogP contribution in [-0.2, 0) is 9.31 Å². The summed E-state index contributed by atoms with van der Waals surface area (Å²) in [5, 5.41) is 15.1. The zero-order valence-electron chi connectivity index (χ0n) is 67.1. The number of nitrogens with zero attached hydrogens (tertiary/aromatic N) is 8. The van der Waals surface area contributed by atoms with Crippen LogP contribution >= 0.6 is 11.6 Å². The number of rotatable bonds is 12. The number of halogens is 1. The van der Waals surface area contributed by atoms with Crippen LogP contribution in [0.15, 0.2) is 376 Å². The number of pyridine rings is 2. The van der Waals surface area contributed by atoms with Gasteiger partial charge < -0.3 is 9.31 Å². The van der Waals surface area contributed by atoms with Gasteiger partial charge in [-0.25, -0.2) is 29.9 Å². The van der Waals surface area contributed by atoms with Gasteiger partial charge in [0.2, 0.25) is 0 Å². The maximum absolute atomic E-state index is 6.60. The van der Waals surface area contributed by atoms with Crippen molar-refractivity contribution in [2.75, 3.05) is 0 Å². The van der Waals surface area contributed by atoms with E-state index in [9.17, 15) is 0 Å². The average molecular weight is 1570 g/mol. The summed E-state index contributed by atoms with van der Waals surface area (Å²) in [7, 11) is -0.561. The average Bonchev–Trinajstić information content (AvgIpc) is 0.840. The fourth-order valence-corrected chi connectivity index (χ4v) is 16.3. The molecule has 1 saturated heterocycles. The molecule has 0 radical (unpaired) electrons. The van der Waals surface area contributed by atoms with Gasteiger partial charge in [0.25, 0.3) is 0 Å². The lowest BCUT2D eigenvalue weighted by Crippen LogP contribution is -2.41. The second-order valence-corrected chi connectivity index (χ2v) is 31.9. The first-order valence-electron chi connectivity index (χ1n) is 40.5. The van der Waals surface area contributed by atoms with E-state index in [1.165, 1.54) is 59.2 Å². The van der Waals surface area contributed by atoms with E-state index in [2.05, 4.69) is 258 Å². The Labute approximate surface area is 702 Å². The van der Waals surface area contributed by atoms with Crippen LogP contribution in [0.4, 0.5) is 0 Å². The van der Waals surface area contributed by atoms with E-state index in [4.69, 9.17) is 55.8 Å². The second kappa shape index (κ2) is 32.3. The minimum atomic E-state index is -0.561. The van der Waals surface area contributed by atoms with Gasteiger partial charge in [0.15, 0.2) is 34.9 Å². The van der Waals surface area contributed by atoms with Crippen molar-refractivity contribution in [3.05, 3.63) is 393 Å². The molecule has 0 amide bonds. The summed E-state index contributed by atoms with van der Waals surface area (Å²) in [6.45, 7) is 12.4. The zero-order chi connectivity index (χ0) is 81.4. The number of benzene rings is 16. The van der Waals surface area contributed by atoms with E-state index >= 15 is 0 Å². The van der Waals surface area contributed by atoms with Crippen LogP contribution in [0, 0.1) is 13.8 Å². The summed E-state index contributed by atoms with van der Waals surface area (Å²) in [6.07, 6.45) is 0. The molecule has 0 spiro atoms. The van der Waals surface area contributed by atoms with Crippen LogP contribution in [0.5, 0.6) is 0 Å². The van der Waals surface area contributed by atoms with Gasteiger partial charge in [0, 0.05) is 71.7 Å². The van der Waals surface area contributed by atoms with Gasteiger partial charge in [0.05, 0.1) is 22.6 Å². The van der Waals surface area contributed by atoms with Crippen LogP contribution in [0.25, 0.3) is 189 Å². The normalized spacial score (nSPS) is 12.8. The van der Waals surface area contributed by atoms with Gasteiger partial charge in [-0.1, -0.05) is 327 Å². The summed E-state index contributed by atoms with van der Waals surface area (Å²) in [4.78, 5) is 40.0. The molecule has 0 bridgehead atoms. The van der Waals surface area contributed by atoms with Crippen molar-refractivity contribution in [1.82, 2.24) is 39.9 Å². The van der Waals surface area contributed by atoms with Gasteiger partial charge in [-0.2, -0.15) is 0 Å². The third-order valence-corrected chi connectivity index (χ3v) is 23.1. The smallest absolute Gasteiger partial charge is 0.399 e. The molecular weight excluding hydrogens is 1490 g/mol. The zero-order valence-corrected chi connectivity index (χ0v) is 67.9. The molecule has 20 aromatic rings. The van der Waals surface area contributed by atoms with Crippen molar-refractivity contribution in [2.45, 2.75) is 52.7 Å². The predicted molar refractivity (Wildman–Crippen MR) is 497 cm³/mol. The molecule has 0 N–H and O–H groups in total. The topological polar surface area (TPSA) is 122 Å². The minimum absolute atomic E-state index is 0.488. The number of aromatic nitrogens is 8. The number of hydrogen-bond donors (Lipinski definition) is 0. The van der Waals surface area contributed by atoms with Crippen molar-refractivity contribution >= 4 is 88.8 Å². The number of aryl methyl sites for hydroxylation is 2. The summed E-state index contributed by atoms with van der Waals surface area (Å²) in [6, 6.07) is 130. The van der Waals surface area contributed by atoms with E-state index in [0.29, 0.717) is 34.9 Å². The minimum Gasteiger partial charge on any atom is -0.399 e. The standard InChI is InChI=1S/C51H34N4.C41H34BN3O2.C16H12ClN/c1-33-28-38-18-9-11-21-44(38)48(52-33)35-26-24-34(25-27-35)40-29-41(47-32-39-19-8-10-20-43(39)45-22-12-13-23-46(45)47)31-42(30-40)51-54-49(36-14-4-2-5-15-36)53-50(55-51)37-16-6-3-7-17-37;1-40(2)41(3,4)47-42(46-40)32-24-30(36-26-29-19-11-12-20-33(29)34-21-13-14-22-35(34)36)23-31(25-32)39-44-37(27-15-7-5-8-16-27)43-38(45-39)28-17-9-6-10-18-28;1-11-10-13-4-2-3-5-15(13)16(18-11)12-6-8-14(17)9-7-12/h2-32H,1H3;5-26H,1-4H3;2-10H,1H3. The molecule has 0 aliphatic carbocycles. The molecule has 12 heteroatoms. The monoisotopic (exact) mass is 1570 g/mol. The van der Waals surface area contributed by atoms with E-state index in [-0.39, 0.29) is 0 Å². The van der Waals surface area contributed by atoms with Crippen LogP contribution in [0.1, 0.15) is 39.1 Å².